The number of thiazole rings is 1. The zero-order valence-electron chi connectivity index (χ0n) is 31.2. The van der Waals surface area contributed by atoms with Crippen molar-refractivity contribution in [1.82, 2.24) is 31.2 Å². The first-order valence-corrected chi connectivity index (χ1v) is 20.1. The lowest BCUT2D eigenvalue weighted by atomic mass is 9.88. The van der Waals surface area contributed by atoms with Gasteiger partial charge in [0.2, 0.25) is 23.6 Å². The van der Waals surface area contributed by atoms with Crippen molar-refractivity contribution in [3.63, 3.8) is 0 Å². The third kappa shape index (κ3) is 10.1. The Morgan fingerprint density at radius 2 is 1.66 bits per heavy atom. The highest BCUT2D eigenvalue weighted by Gasteiger charge is 2.37. The molecule has 3 aromatic rings. The van der Waals surface area contributed by atoms with E-state index in [9.17, 15) is 19.2 Å². The zero-order valence-corrected chi connectivity index (χ0v) is 32.0. The first-order valence-electron chi connectivity index (χ1n) is 19.3. The van der Waals surface area contributed by atoms with Crippen LogP contribution >= 0.6 is 11.3 Å². The molecule has 3 aliphatic rings. The molecule has 286 valence electrons. The SMILES string of the molecule is CCC(=O)N[C@@H](Cc1nc2ccc(CC)cc2s1)C(=O)N[C@H](C(=O)N[C@@H](CC1CCN(C)CC1)C(=O)N[C@@H]1CCOc2ccccc21)C1CCOCC1. The van der Waals surface area contributed by atoms with Crippen molar-refractivity contribution < 1.29 is 28.7 Å². The van der Waals surface area contributed by atoms with E-state index in [1.165, 1.54) is 16.9 Å². The molecule has 4 heterocycles. The number of amides is 4. The molecular formula is C40H54N6O6S. The van der Waals surface area contributed by atoms with Crippen molar-refractivity contribution in [1.29, 1.82) is 0 Å². The van der Waals surface area contributed by atoms with Gasteiger partial charge in [-0.1, -0.05) is 38.1 Å². The smallest absolute Gasteiger partial charge is 0.243 e. The average Bonchev–Trinajstić information content (AvgIpc) is 3.59. The van der Waals surface area contributed by atoms with Gasteiger partial charge < -0.3 is 35.6 Å². The summed E-state index contributed by atoms with van der Waals surface area (Å²) in [5.41, 5.74) is 2.97. The summed E-state index contributed by atoms with van der Waals surface area (Å²) in [6.45, 7) is 7.12. The number of aryl methyl sites for hydroxylation is 1. The molecule has 4 amide bonds. The van der Waals surface area contributed by atoms with E-state index in [0.29, 0.717) is 45.5 Å². The fourth-order valence-electron chi connectivity index (χ4n) is 7.59. The Labute approximate surface area is 316 Å². The molecule has 6 rings (SSSR count). The number of para-hydroxylation sites is 1. The van der Waals surface area contributed by atoms with Gasteiger partial charge in [0.05, 0.1) is 27.9 Å². The zero-order chi connectivity index (χ0) is 37.3. The minimum atomic E-state index is -0.935. The van der Waals surface area contributed by atoms with Gasteiger partial charge in [-0.05, 0) is 94.3 Å². The maximum absolute atomic E-state index is 14.4. The van der Waals surface area contributed by atoms with Crippen LogP contribution in [0, 0.1) is 11.8 Å². The van der Waals surface area contributed by atoms with Crippen molar-refractivity contribution in [3.8, 4) is 5.75 Å². The minimum absolute atomic E-state index is 0.189. The topological polar surface area (TPSA) is 151 Å². The monoisotopic (exact) mass is 746 g/mol. The third-order valence-corrected chi connectivity index (χ3v) is 11.9. The van der Waals surface area contributed by atoms with Crippen LogP contribution in [0.15, 0.2) is 42.5 Å². The maximum atomic E-state index is 14.4. The van der Waals surface area contributed by atoms with Gasteiger partial charge in [0, 0.05) is 38.0 Å². The highest BCUT2D eigenvalue weighted by Crippen LogP contribution is 2.32. The number of rotatable bonds is 14. The van der Waals surface area contributed by atoms with Gasteiger partial charge in [-0.2, -0.15) is 0 Å². The predicted molar refractivity (Wildman–Crippen MR) is 205 cm³/mol. The number of carbonyl (C=O) groups excluding carboxylic acids is 4. The Morgan fingerprint density at radius 1 is 0.887 bits per heavy atom. The normalized spacial score (nSPS) is 20.0. The van der Waals surface area contributed by atoms with Crippen LogP contribution in [0.25, 0.3) is 10.2 Å². The molecule has 0 unspecified atom stereocenters. The van der Waals surface area contributed by atoms with E-state index in [4.69, 9.17) is 14.5 Å². The predicted octanol–water partition coefficient (Wildman–Crippen LogP) is 4.06. The van der Waals surface area contributed by atoms with E-state index in [2.05, 4.69) is 52.3 Å². The van der Waals surface area contributed by atoms with E-state index in [-0.39, 0.29) is 42.5 Å². The number of fused-ring (bicyclic) bond motifs is 2. The minimum Gasteiger partial charge on any atom is -0.493 e. The summed E-state index contributed by atoms with van der Waals surface area (Å²) >= 11 is 1.51. The number of likely N-dealkylation sites (tertiary alicyclic amines) is 1. The molecule has 53 heavy (non-hydrogen) atoms. The molecule has 1 aromatic heterocycles. The third-order valence-electron chi connectivity index (χ3n) is 10.9. The van der Waals surface area contributed by atoms with Crippen LogP contribution in [-0.2, 0) is 36.8 Å². The molecule has 0 spiro atoms. The molecule has 2 aromatic carbocycles. The molecule has 13 heteroatoms. The van der Waals surface area contributed by atoms with Gasteiger partial charge in [0.15, 0.2) is 0 Å². The van der Waals surface area contributed by atoms with Gasteiger partial charge in [0.1, 0.15) is 23.9 Å². The molecule has 2 saturated heterocycles. The van der Waals surface area contributed by atoms with E-state index < -0.39 is 29.9 Å². The van der Waals surface area contributed by atoms with Crippen LogP contribution in [0.3, 0.4) is 0 Å². The standard InChI is InChI=1S/C40H54N6O6S/c1-4-25-10-11-30-34(23-25)53-36(42-30)24-32(41-35(47)5-2)39(49)45-37(27-14-19-51-20-15-27)40(50)44-31(22-26-12-17-46(3)18-13-26)38(48)43-29-16-21-52-33-9-7-6-8-28(29)33/h6-11,23,26-27,29,31-32,37H,4-5,12-22,24H2,1-3H3,(H,41,47)(H,43,48)(H,44,50)(H,45,49)/t29-,31+,32+,37+/m1/s1. The second kappa shape index (κ2) is 18.3. The number of carbonyl (C=O) groups is 4. The Hall–Kier alpha value is -4.07. The van der Waals surface area contributed by atoms with Crippen molar-refractivity contribution >= 4 is 45.2 Å². The molecule has 3 aliphatic heterocycles. The summed E-state index contributed by atoms with van der Waals surface area (Å²) in [5, 5.41) is 13.0. The lowest BCUT2D eigenvalue weighted by Gasteiger charge is -2.35. The Morgan fingerprint density at radius 3 is 2.42 bits per heavy atom. The number of hydrogen-bond acceptors (Lipinski definition) is 9. The second-order valence-electron chi connectivity index (χ2n) is 14.7. The molecule has 12 nitrogen and oxygen atoms in total. The van der Waals surface area contributed by atoms with Gasteiger partial charge >= 0.3 is 0 Å². The summed E-state index contributed by atoms with van der Waals surface area (Å²) in [5.74, 6) is -0.568. The largest absolute Gasteiger partial charge is 0.493 e. The number of nitrogens with zero attached hydrogens (tertiary/aromatic N) is 2. The summed E-state index contributed by atoms with van der Waals surface area (Å²) in [6, 6.07) is 11.0. The number of aromatic nitrogens is 1. The highest BCUT2D eigenvalue weighted by molar-refractivity contribution is 7.18. The van der Waals surface area contributed by atoms with Crippen LogP contribution in [0.4, 0.5) is 0 Å². The number of hydrogen-bond donors (Lipinski definition) is 4. The molecule has 0 radical (unpaired) electrons. The van der Waals surface area contributed by atoms with Crippen molar-refractivity contribution in [2.75, 3.05) is 40.0 Å². The fourth-order valence-corrected chi connectivity index (χ4v) is 8.67. The summed E-state index contributed by atoms with van der Waals surface area (Å²) < 4.78 is 12.5. The molecule has 4 atom stereocenters. The number of piperidine rings is 1. The molecule has 4 N–H and O–H groups in total. The van der Waals surface area contributed by atoms with E-state index in [0.717, 1.165) is 58.9 Å². The molecule has 2 fully saturated rings. The average molecular weight is 747 g/mol. The molecule has 0 bridgehead atoms. The van der Waals surface area contributed by atoms with Gasteiger partial charge in [-0.3, -0.25) is 19.2 Å². The number of ether oxygens (including phenoxy) is 2. The fraction of sp³-hybridized carbons (Fsp3) is 0.575. The maximum Gasteiger partial charge on any atom is 0.243 e. The van der Waals surface area contributed by atoms with E-state index >= 15 is 0 Å². The summed E-state index contributed by atoms with van der Waals surface area (Å²) in [6.07, 6.45) is 5.43. The van der Waals surface area contributed by atoms with Gasteiger partial charge in [0.25, 0.3) is 0 Å². The van der Waals surface area contributed by atoms with Crippen molar-refractivity contribution in [3.05, 3.63) is 58.6 Å². The van der Waals surface area contributed by atoms with E-state index in [1.807, 2.05) is 30.3 Å². The van der Waals surface area contributed by atoms with Crippen LogP contribution in [0.5, 0.6) is 5.75 Å². The Kier molecular flexibility index (Phi) is 13.4. The van der Waals surface area contributed by atoms with Crippen molar-refractivity contribution in [2.45, 2.75) is 95.8 Å². The van der Waals surface area contributed by atoms with Gasteiger partial charge in [-0.25, -0.2) is 4.98 Å². The molecular weight excluding hydrogens is 693 g/mol. The van der Waals surface area contributed by atoms with Gasteiger partial charge in [-0.15, -0.1) is 11.3 Å². The summed E-state index contributed by atoms with van der Waals surface area (Å²) in [7, 11) is 2.10. The Bertz CT molecular complexity index is 1740. The van der Waals surface area contributed by atoms with Crippen LogP contribution in [0.1, 0.15) is 81.0 Å². The Balaban J connectivity index is 1.22. The lowest BCUT2D eigenvalue weighted by Crippen LogP contribution is -2.60. The molecule has 0 saturated carbocycles. The van der Waals surface area contributed by atoms with Crippen LogP contribution in [0.2, 0.25) is 0 Å². The highest BCUT2D eigenvalue weighted by atomic mass is 32.1. The number of nitrogens with one attached hydrogen (secondary N) is 4. The van der Waals surface area contributed by atoms with Crippen LogP contribution < -0.4 is 26.0 Å². The number of benzene rings is 2. The first kappa shape index (κ1) is 38.6. The first-order chi connectivity index (χ1) is 25.7. The molecule has 0 aliphatic carbocycles. The van der Waals surface area contributed by atoms with Crippen LogP contribution in [-0.4, -0.2) is 91.6 Å². The second-order valence-corrected chi connectivity index (χ2v) is 15.8. The lowest BCUT2D eigenvalue weighted by molar-refractivity contribution is -0.136. The van der Waals surface area contributed by atoms with Crippen molar-refractivity contribution in [2.24, 2.45) is 11.8 Å². The quantitative estimate of drug-likeness (QED) is 0.193. The summed E-state index contributed by atoms with van der Waals surface area (Å²) in [4.78, 5) is 62.5. The van der Waals surface area contributed by atoms with E-state index in [1.54, 1.807) is 6.92 Å².